The van der Waals surface area contributed by atoms with Crippen molar-refractivity contribution in [1.29, 1.82) is 0 Å². The molecule has 0 atom stereocenters. The maximum atomic E-state index is 12.4. The number of hydrogen-bond donors (Lipinski definition) is 0. The second kappa shape index (κ2) is 5.92. The van der Waals surface area contributed by atoms with Crippen molar-refractivity contribution in [2.24, 2.45) is 0 Å². The average molecular weight is 174 g/mol. The van der Waals surface area contributed by atoms with Crippen LogP contribution >= 0.6 is 0 Å². The Morgan fingerprint density at radius 2 is 1.83 bits per heavy atom. The summed E-state index contributed by atoms with van der Waals surface area (Å²) in [7, 11) is 0. The lowest BCUT2D eigenvalue weighted by atomic mass is 10.0. The first-order valence-corrected chi connectivity index (χ1v) is 4.47. The van der Waals surface area contributed by atoms with E-state index < -0.39 is 11.7 Å². The SMILES string of the molecule is CC.CCC1=CC(F)=C(F)CC1. The smallest absolute Gasteiger partial charge is 0.154 e. The molecule has 1 rings (SSSR count). The molecule has 1 aliphatic carbocycles. The van der Waals surface area contributed by atoms with Crippen LogP contribution in [0, 0.1) is 0 Å². The van der Waals surface area contributed by atoms with Crippen LogP contribution in [0.1, 0.15) is 40.0 Å². The molecule has 0 aliphatic heterocycles. The minimum Gasteiger partial charge on any atom is -0.209 e. The molecule has 0 aromatic carbocycles. The molecule has 0 fully saturated rings. The molecule has 0 unspecified atom stereocenters. The molecule has 1 aliphatic rings. The van der Waals surface area contributed by atoms with Crippen LogP contribution in [0.3, 0.4) is 0 Å². The first-order valence-electron chi connectivity index (χ1n) is 4.47. The minimum absolute atomic E-state index is 0.242. The summed E-state index contributed by atoms with van der Waals surface area (Å²) in [6.45, 7) is 5.95. The Morgan fingerprint density at radius 3 is 2.25 bits per heavy atom. The number of allylic oxidation sites excluding steroid dienone is 4. The fraction of sp³-hybridized carbons (Fsp3) is 0.600. The second-order valence-corrected chi connectivity index (χ2v) is 2.41. The summed E-state index contributed by atoms with van der Waals surface area (Å²) in [5.41, 5.74) is 0.999. The largest absolute Gasteiger partial charge is 0.209 e. The van der Waals surface area contributed by atoms with E-state index in [0.29, 0.717) is 6.42 Å². The highest BCUT2D eigenvalue weighted by Gasteiger charge is 2.10. The van der Waals surface area contributed by atoms with E-state index in [9.17, 15) is 8.78 Å². The molecule has 0 saturated heterocycles. The molecule has 0 spiro atoms. The summed E-state index contributed by atoms with van der Waals surface area (Å²) in [6, 6.07) is 0. The summed E-state index contributed by atoms with van der Waals surface area (Å²) in [4.78, 5) is 0. The standard InChI is InChI=1S/C8H10F2.C2H6/c1-2-6-3-4-7(9)8(10)5-6;1-2/h5H,2-4H2,1H3;1-2H3. The molecule has 0 radical (unpaired) electrons. The highest BCUT2D eigenvalue weighted by Crippen LogP contribution is 2.26. The minimum atomic E-state index is -0.678. The van der Waals surface area contributed by atoms with E-state index in [2.05, 4.69) is 0 Å². The molecular formula is C10H16F2. The lowest BCUT2D eigenvalue weighted by molar-refractivity contribution is 0.508. The molecule has 2 heteroatoms. The molecule has 0 saturated carbocycles. The molecule has 0 nitrogen and oxygen atoms in total. The van der Waals surface area contributed by atoms with Gasteiger partial charge in [0.25, 0.3) is 0 Å². The van der Waals surface area contributed by atoms with Crippen LogP contribution in [0.4, 0.5) is 8.78 Å². The predicted molar refractivity (Wildman–Crippen MR) is 48.2 cm³/mol. The third kappa shape index (κ3) is 3.16. The Bertz CT molecular complexity index is 190. The van der Waals surface area contributed by atoms with Gasteiger partial charge in [-0.15, -0.1) is 0 Å². The monoisotopic (exact) mass is 174 g/mol. The van der Waals surface area contributed by atoms with Gasteiger partial charge < -0.3 is 0 Å². The van der Waals surface area contributed by atoms with Crippen LogP contribution in [-0.4, -0.2) is 0 Å². The Hall–Kier alpha value is -0.660. The quantitative estimate of drug-likeness (QED) is 0.556. The first kappa shape index (κ1) is 11.3. The topological polar surface area (TPSA) is 0 Å². The van der Waals surface area contributed by atoms with Crippen molar-refractivity contribution >= 4 is 0 Å². The Labute approximate surface area is 73.0 Å². The van der Waals surface area contributed by atoms with Crippen LogP contribution in [0.2, 0.25) is 0 Å². The fourth-order valence-electron chi connectivity index (χ4n) is 0.998. The van der Waals surface area contributed by atoms with Gasteiger partial charge in [-0.2, -0.15) is 0 Å². The van der Waals surface area contributed by atoms with E-state index >= 15 is 0 Å². The molecule has 0 bridgehead atoms. The number of hydrogen-bond acceptors (Lipinski definition) is 0. The zero-order chi connectivity index (χ0) is 9.56. The second-order valence-electron chi connectivity index (χ2n) is 2.41. The van der Waals surface area contributed by atoms with Crippen LogP contribution in [0.15, 0.2) is 23.3 Å². The number of halogens is 2. The molecule has 0 aromatic heterocycles. The van der Waals surface area contributed by atoms with Crippen molar-refractivity contribution in [3.63, 3.8) is 0 Å². The van der Waals surface area contributed by atoms with E-state index in [-0.39, 0.29) is 6.42 Å². The normalized spacial score (nSPS) is 16.6. The van der Waals surface area contributed by atoms with E-state index in [4.69, 9.17) is 0 Å². The van der Waals surface area contributed by atoms with Crippen molar-refractivity contribution in [3.8, 4) is 0 Å². The van der Waals surface area contributed by atoms with E-state index in [1.165, 1.54) is 6.08 Å². The maximum Gasteiger partial charge on any atom is 0.154 e. The zero-order valence-electron chi connectivity index (χ0n) is 7.95. The van der Waals surface area contributed by atoms with Gasteiger partial charge in [0.1, 0.15) is 5.83 Å². The molecule has 0 N–H and O–H groups in total. The molecule has 0 amide bonds. The van der Waals surface area contributed by atoms with Gasteiger partial charge in [0.15, 0.2) is 5.83 Å². The van der Waals surface area contributed by atoms with Gasteiger partial charge in [0.05, 0.1) is 0 Å². The van der Waals surface area contributed by atoms with E-state index in [0.717, 1.165) is 12.0 Å². The molecular weight excluding hydrogens is 158 g/mol. The maximum absolute atomic E-state index is 12.4. The summed E-state index contributed by atoms with van der Waals surface area (Å²) < 4.78 is 24.8. The average Bonchev–Trinajstić information content (AvgIpc) is 2.13. The van der Waals surface area contributed by atoms with Crippen LogP contribution < -0.4 is 0 Å². The molecule has 70 valence electrons. The highest BCUT2D eigenvalue weighted by atomic mass is 19.2. The summed E-state index contributed by atoms with van der Waals surface area (Å²) >= 11 is 0. The van der Waals surface area contributed by atoms with Gasteiger partial charge in [0, 0.05) is 6.42 Å². The summed E-state index contributed by atoms with van der Waals surface area (Å²) in [5, 5.41) is 0. The van der Waals surface area contributed by atoms with Gasteiger partial charge in [0.2, 0.25) is 0 Å². The van der Waals surface area contributed by atoms with Gasteiger partial charge in [-0.05, 0) is 18.9 Å². The lowest BCUT2D eigenvalue weighted by Crippen LogP contribution is -1.92. The van der Waals surface area contributed by atoms with Gasteiger partial charge in [-0.3, -0.25) is 0 Å². The Balaban J connectivity index is 0.000000561. The third-order valence-corrected chi connectivity index (χ3v) is 1.71. The third-order valence-electron chi connectivity index (χ3n) is 1.71. The Morgan fingerprint density at radius 1 is 1.25 bits per heavy atom. The number of rotatable bonds is 1. The van der Waals surface area contributed by atoms with Crippen molar-refractivity contribution in [1.82, 2.24) is 0 Å². The first-order chi connectivity index (χ1) is 5.74. The van der Waals surface area contributed by atoms with Crippen molar-refractivity contribution in [3.05, 3.63) is 23.3 Å². The molecule has 0 heterocycles. The summed E-state index contributed by atoms with van der Waals surface area (Å²) in [5.74, 6) is -1.28. The lowest BCUT2D eigenvalue weighted by Gasteiger charge is -2.08. The van der Waals surface area contributed by atoms with Crippen molar-refractivity contribution < 1.29 is 8.78 Å². The Kier molecular flexibility index (Phi) is 5.60. The van der Waals surface area contributed by atoms with Crippen LogP contribution in [-0.2, 0) is 0 Å². The van der Waals surface area contributed by atoms with Crippen molar-refractivity contribution in [2.75, 3.05) is 0 Å². The van der Waals surface area contributed by atoms with Gasteiger partial charge >= 0.3 is 0 Å². The summed E-state index contributed by atoms with van der Waals surface area (Å²) in [6.07, 6.45) is 3.04. The van der Waals surface area contributed by atoms with E-state index in [1.54, 1.807) is 0 Å². The highest BCUT2D eigenvalue weighted by molar-refractivity contribution is 5.25. The molecule has 12 heavy (non-hydrogen) atoms. The fourth-order valence-corrected chi connectivity index (χ4v) is 0.998. The van der Waals surface area contributed by atoms with Gasteiger partial charge in [-0.25, -0.2) is 8.78 Å². The van der Waals surface area contributed by atoms with Crippen LogP contribution in [0.5, 0.6) is 0 Å². The van der Waals surface area contributed by atoms with Gasteiger partial charge in [-0.1, -0.05) is 26.3 Å². The van der Waals surface area contributed by atoms with Crippen molar-refractivity contribution in [2.45, 2.75) is 40.0 Å². The molecule has 0 aromatic rings. The zero-order valence-corrected chi connectivity index (χ0v) is 7.95. The van der Waals surface area contributed by atoms with Crippen LogP contribution in [0.25, 0.3) is 0 Å². The van der Waals surface area contributed by atoms with E-state index in [1.807, 2.05) is 20.8 Å². The predicted octanol–water partition coefficient (Wildman–Crippen LogP) is 4.29.